The zero-order valence-corrected chi connectivity index (χ0v) is 15.4. The predicted octanol–water partition coefficient (Wildman–Crippen LogP) is 3.88. The van der Waals surface area contributed by atoms with E-state index in [1.807, 2.05) is 25.1 Å². The molecule has 1 aromatic heterocycles. The Balaban J connectivity index is 0.000000613. The number of phenols is 1. The number of nitrogens with zero attached hydrogens (tertiary/aromatic N) is 3. The van der Waals surface area contributed by atoms with E-state index >= 15 is 0 Å². The molecule has 0 atom stereocenters. The van der Waals surface area contributed by atoms with Crippen LogP contribution in [0, 0.1) is 6.92 Å². The van der Waals surface area contributed by atoms with Gasteiger partial charge in [0.05, 0.1) is 11.1 Å². The van der Waals surface area contributed by atoms with Crippen LogP contribution in [-0.4, -0.2) is 34.7 Å². The predicted molar refractivity (Wildman–Crippen MR) is 108 cm³/mol. The molecule has 3 aromatic rings. The number of aryl methyl sites for hydroxylation is 1. The van der Waals surface area contributed by atoms with Crippen molar-refractivity contribution in [3.8, 4) is 17.1 Å². The van der Waals surface area contributed by atoms with Gasteiger partial charge in [0.15, 0.2) is 5.82 Å². The van der Waals surface area contributed by atoms with Crippen molar-refractivity contribution < 1.29 is 5.11 Å². The van der Waals surface area contributed by atoms with Gasteiger partial charge in [0.1, 0.15) is 11.6 Å². The third kappa shape index (κ3) is 3.78. The standard InChI is InChI=1S/C19H19N3O.C2H7N/c1-13-8-9-14-16(12-13)20-18(15-6-2-3-7-17(15)23)21-19(14)22-10-4-5-11-22;1-2-3/h2-3,6-9,12,23H,4-5,10-11H2,1H3;2-3H2,1H3. The Hall–Kier alpha value is -2.66. The number of nitrogens with two attached hydrogens (primary N) is 1. The van der Waals surface area contributed by atoms with E-state index in [-0.39, 0.29) is 5.75 Å². The molecule has 3 N–H and O–H groups in total. The third-order valence-electron chi connectivity index (χ3n) is 4.38. The molecule has 5 nitrogen and oxygen atoms in total. The van der Waals surface area contributed by atoms with Crippen molar-refractivity contribution in [1.29, 1.82) is 0 Å². The van der Waals surface area contributed by atoms with E-state index in [4.69, 9.17) is 15.7 Å². The van der Waals surface area contributed by atoms with Crippen LogP contribution < -0.4 is 10.6 Å². The Morgan fingerprint density at radius 1 is 1.08 bits per heavy atom. The van der Waals surface area contributed by atoms with Crippen molar-refractivity contribution in [2.24, 2.45) is 5.73 Å². The molecule has 26 heavy (non-hydrogen) atoms. The molecule has 0 unspecified atom stereocenters. The minimum absolute atomic E-state index is 0.215. The molecular weight excluding hydrogens is 324 g/mol. The van der Waals surface area contributed by atoms with Gasteiger partial charge in [0, 0.05) is 18.5 Å². The normalized spacial score (nSPS) is 13.6. The van der Waals surface area contributed by atoms with Gasteiger partial charge in [-0.15, -0.1) is 0 Å². The van der Waals surface area contributed by atoms with E-state index in [0.29, 0.717) is 11.4 Å². The Labute approximate surface area is 154 Å². The van der Waals surface area contributed by atoms with Crippen LogP contribution >= 0.6 is 0 Å². The summed E-state index contributed by atoms with van der Waals surface area (Å²) >= 11 is 0. The molecule has 0 amide bonds. The van der Waals surface area contributed by atoms with Crippen molar-refractivity contribution in [2.45, 2.75) is 26.7 Å². The van der Waals surface area contributed by atoms with Crippen molar-refractivity contribution in [3.05, 3.63) is 48.0 Å². The molecule has 1 fully saturated rings. The molecule has 136 valence electrons. The Morgan fingerprint density at radius 3 is 2.46 bits per heavy atom. The number of aromatic nitrogens is 2. The summed E-state index contributed by atoms with van der Waals surface area (Å²) in [7, 11) is 0. The fraction of sp³-hybridized carbons (Fsp3) is 0.333. The number of aromatic hydroxyl groups is 1. The van der Waals surface area contributed by atoms with E-state index < -0.39 is 0 Å². The molecule has 0 saturated carbocycles. The number of hydrogen-bond acceptors (Lipinski definition) is 5. The van der Waals surface area contributed by atoms with Gasteiger partial charge >= 0.3 is 0 Å². The van der Waals surface area contributed by atoms with Gasteiger partial charge in [0.2, 0.25) is 0 Å². The number of anilines is 1. The molecule has 0 bridgehead atoms. The van der Waals surface area contributed by atoms with Gasteiger partial charge in [-0.25, -0.2) is 9.97 Å². The second-order valence-electron chi connectivity index (χ2n) is 6.51. The lowest BCUT2D eigenvalue weighted by Gasteiger charge is -2.19. The monoisotopic (exact) mass is 350 g/mol. The quantitative estimate of drug-likeness (QED) is 0.734. The highest BCUT2D eigenvalue weighted by molar-refractivity contribution is 5.92. The number of para-hydroxylation sites is 1. The molecular formula is C21H26N4O. The lowest BCUT2D eigenvalue weighted by atomic mass is 10.1. The first-order valence-electron chi connectivity index (χ1n) is 9.15. The van der Waals surface area contributed by atoms with Gasteiger partial charge < -0.3 is 15.7 Å². The molecule has 0 aliphatic carbocycles. The summed E-state index contributed by atoms with van der Waals surface area (Å²) in [6.07, 6.45) is 2.40. The SMILES string of the molecule is CCN.Cc1ccc2c(N3CCCC3)nc(-c3ccccc3O)nc2c1. The van der Waals surface area contributed by atoms with Gasteiger partial charge in [-0.1, -0.05) is 25.1 Å². The number of fused-ring (bicyclic) bond motifs is 1. The number of benzene rings is 2. The molecule has 0 radical (unpaired) electrons. The fourth-order valence-electron chi connectivity index (χ4n) is 3.18. The minimum atomic E-state index is 0.215. The first kappa shape index (κ1) is 18.1. The van der Waals surface area contributed by atoms with Crippen LogP contribution in [0.2, 0.25) is 0 Å². The maximum absolute atomic E-state index is 10.2. The molecule has 2 aromatic carbocycles. The average Bonchev–Trinajstić information content (AvgIpc) is 3.16. The second-order valence-corrected chi connectivity index (χ2v) is 6.51. The minimum Gasteiger partial charge on any atom is -0.507 e. The molecule has 4 rings (SSSR count). The van der Waals surface area contributed by atoms with Crippen LogP contribution in [0.25, 0.3) is 22.3 Å². The van der Waals surface area contributed by atoms with Crippen molar-refractivity contribution in [3.63, 3.8) is 0 Å². The van der Waals surface area contributed by atoms with Crippen LogP contribution in [0.1, 0.15) is 25.3 Å². The first-order valence-corrected chi connectivity index (χ1v) is 9.15. The maximum atomic E-state index is 10.2. The highest BCUT2D eigenvalue weighted by Crippen LogP contribution is 2.32. The summed E-state index contributed by atoms with van der Waals surface area (Å²) in [6, 6.07) is 13.5. The third-order valence-corrected chi connectivity index (χ3v) is 4.38. The van der Waals surface area contributed by atoms with Crippen molar-refractivity contribution in [1.82, 2.24) is 9.97 Å². The van der Waals surface area contributed by atoms with Crippen molar-refractivity contribution >= 4 is 16.7 Å². The van der Waals surface area contributed by atoms with E-state index in [0.717, 1.165) is 36.4 Å². The van der Waals surface area contributed by atoms with E-state index in [1.54, 1.807) is 6.07 Å². The Morgan fingerprint density at radius 2 is 1.77 bits per heavy atom. The van der Waals surface area contributed by atoms with Gasteiger partial charge in [-0.3, -0.25) is 0 Å². The Bertz CT molecular complexity index is 888. The molecule has 0 spiro atoms. The number of phenolic OH excluding ortho intramolecular Hbond substituents is 1. The topological polar surface area (TPSA) is 75.3 Å². The molecule has 1 saturated heterocycles. The number of hydrogen-bond donors (Lipinski definition) is 2. The second kappa shape index (κ2) is 8.15. The smallest absolute Gasteiger partial charge is 0.165 e. The summed E-state index contributed by atoms with van der Waals surface area (Å²) in [5.74, 6) is 1.78. The number of rotatable bonds is 2. The van der Waals surface area contributed by atoms with Gasteiger partial charge in [-0.2, -0.15) is 0 Å². The van der Waals surface area contributed by atoms with Crippen LogP contribution in [0.4, 0.5) is 5.82 Å². The lowest BCUT2D eigenvalue weighted by Crippen LogP contribution is -2.20. The van der Waals surface area contributed by atoms with Gasteiger partial charge in [0.25, 0.3) is 0 Å². The zero-order chi connectivity index (χ0) is 18.5. The molecule has 5 heteroatoms. The highest BCUT2D eigenvalue weighted by Gasteiger charge is 2.19. The van der Waals surface area contributed by atoms with Crippen LogP contribution in [0.5, 0.6) is 5.75 Å². The van der Waals surface area contributed by atoms with Crippen LogP contribution in [0.3, 0.4) is 0 Å². The van der Waals surface area contributed by atoms with Gasteiger partial charge in [-0.05, 0) is 56.1 Å². The molecule has 1 aliphatic heterocycles. The average molecular weight is 350 g/mol. The summed E-state index contributed by atoms with van der Waals surface area (Å²) in [6.45, 7) is 6.77. The molecule has 1 aliphatic rings. The fourth-order valence-corrected chi connectivity index (χ4v) is 3.18. The zero-order valence-electron chi connectivity index (χ0n) is 15.4. The van der Waals surface area contributed by atoms with Crippen LogP contribution in [0.15, 0.2) is 42.5 Å². The van der Waals surface area contributed by atoms with Crippen molar-refractivity contribution in [2.75, 3.05) is 24.5 Å². The molecule has 2 heterocycles. The van der Waals surface area contributed by atoms with E-state index in [1.165, 1.54) is 18.4 Å². The van der Waals surface area contributed by atoms with Crippen LogP contribution in [-0.2, 0) is 0 Å². The first-order chi connectivity index (χ1) is 12.6. The summed E-state index contributed by atoms with van der Waals surface area (Å²) in [5, 5.41) is 11.2. The largest absolute Gasteiger partial charge is 0.507 e. The summed E-state index contributed by atoms with van der Waals surface area (Å²) in [4.78, 5) is 11.8. The van der Waals surface area contributed by atoms with E-state index in [2.05, 4.69) is 30.0 Å². The van der Waals surface area contributed by atoms with E-state index in [9.17, 15) is 5.11 Å². The summed E-state index contributed by atoms with van der Waals surface area (Å²) < 4.78 is 0. The Kier molecular flexibility index (Phi) is 5.68. The highest BCUT2D eigenvalue weighted by atomic mass is 16.3. The lowest BCUT2D eigenvalue weighted by molar-refractivity contribution is 0.477. The summed E-state index contributed by atoms with van der Waals surface area (Å²) in [5.41, 5.74) is 7.63. The maximum Gasteiger partial charge on any atom is 0.165 e.